The van der Waals surface area contributed by atoms with Crippen LogP contribution >= 0.6 is 15.9 Å². The van der Waals surface area contributed by atoms with E-state index >= 15 is 0 Å². The molecule has 0 amide bonds. The third kappa shape index (κ3) is 3.55. The molecule has 0 spiro atoms. The van der Waals surface area contributed by atoms with Gasteiger partial charge in [0.25, 0.3) is 0 Å². The first-order chi connectivity index (χ1) is 9.10. The average Bonchev–Trinajstić information content (AvgIpc) is 2.42. The molecule has 2 N–H and O–H groups in total. The van der Waals surface area contributed by atoms with Crippen molar-refractivity contribution in [3.8, 4) is 5.75 Å². The first kappa shape index (κ1) is 14.0. The van der Waals surface area contributed by atoms with Crippen molar-refractivity contribution in [2.75, 3.05) is 7.11 Å². The Morgan fingerprint density at radius 1 is 1.26 bits per heavy atom. The summed E-state index contributed by atoms with van der Waals surface area (Å²) in [4.78, 5) is 0. The highest BCUT2D eigenvalue weighted by molar-refractivity contribution is 9.10. The predicted octanol–water partition coefficient (Wildman–Crippen LogP) is 3.84. The summed E-state index contributed by atoms with van der Waals surface area (Å²) in [7, 11) is 1.63. The van der Waals surface area contributed by atoms with Crippen LogP contribution in [0.1, 0.15) is 17.2 Å². The van der Waals surface area contributed by atoms with Gasteiger partial charge in [-0.2, -0.15) is 0 Å². The van der Waals surface area contributed by atoms with E-state index in [2.05, 4.69) is 15.9 Å². The zero-order valence-corrected chi connectivity index (χ0v) is 12.2. The maximum atomic E-state index is 13.0. The Morgan fingerprint density at radius 2 is 2.05 bits per heavy atom. The maximum Gasteiger partial charge on any atom is 0.124 e. The van der Waals surface area contributed by atoms with Crippen molar-refractivity contribution in [1.82, 2.24) is 0 Å². The lowest BCUT2D eigenvalue weighted by Gasteiger charge is -2.14. The fraction of sp³-hybridized carbons (Fsp3) is 0.200. The third-order valence-electron chi connectivity index (χ3n) is 2.98. The average molecular weight is 324 g/mol. The van der Waals surface area contributed by atoms with Gasteiger partial charge < -0.3 is 10.5 Å². The molecule has 0 heterocycles. The van der Waals surface area contributed by atoms with Crippen LogP contribution in [0.15, 0.2) is 46.9 Å². The lowest BCUT2D eigenvalue weighted by atomic mass is 9.99. The van der Waals surface area contributed by atoms with Crippen molar-refractivity contribution in [2.45, 2.75) is 12.5 Å². The zero-order valence-electron chi connectivity index (χ0n) is 10.6. The second-order valence-electron chi connectivity index (χ2n) is 4.32. The standard InChI is InChI=1S/C15H15BrFNO/c1-19-13-4-2-3-11(7-13)15(18)8-10-5-6-12(17)9-14(10)16/h2-7,9,15H,8,18H2,1H3. The second-order valence-corrected chi connectivity index (χ2v) is 5.18. The molecule has 2 rings (SSSR count). The molecule has 2 aromatic carbocycles. The Balaban J connectivity index is 2.17. The Labute approximate surface area is 120 Å². The van der Waals surface area contributed by atoms with Crippen molar-refractivity contribution in [3.63, 3.8) is 0 Å². The van der Waals surface area contributed by atoms with Gasteiger partial charge in [0, 0.05) is 10.5 Å². The van der Waals surface area contributed by atoms with E-state index in [1.54, 1.807) is 13.2 Å². The molecule has 0 aliphatic heterocycles. The summed E-state index contributed by atoms with van der Waals surface area (Å²) < 4.78 is 19.0. The van der Waals surface area contributed by atoms with E-state index in [0.717, 1.165) is 21.3 Å². The molecule has 0 aliphatic rings. The molecule has 1 unspecified atom stereocenters. The third-order valence-corrected chi connectivity index (χ3v) is 3.72. The van der Waals surface area contributed by atoms with Crippen LogP contribution < -0.4 is 10.5 Å². The summed E-state index contributed by atoms with van der Waals surface area (Å²) in [6.45, 7) is 0. The van der Waals surface area contributed by atoms with Crippen molar-refractivity contribution >= 4 is 15.9 Å². The van der Waals surface area contributed by atoms with E-state index in [1.165, 1.54) is 12.1 Å². The number of hydrogen-bond acceptors (Lipinski definition) is 2. The van der Waals surface area contributed by atoms with Gasteiger partial charge in [-0.05, 0) is 41.8 Å². The largest absolute Gasteiger partial charge is 0.497 e. The molecule has 0 bridgehead atoms. The van der Waals surface area contributed by atoms with Gasteiger partial charge in [-0.3, -0.25) is 0 Å². The molecule has 19 heavy (non-hydrogen) atoms. The van der Waals surface area contributed by atoms with E-state index < -0.39 is 0 Å². The Kier molecular flexibility index (Phi) is 4.56. The van der Waals surface area contributed by atoms with Gasteiger partial charge in [0.15, 0.2) is 0 Å². The first-order valence-corrected chi connectivity index (χ1v) is 6.73. The normalized spacial score (nSPS) is 12.2. The highest BCUT2D eigenvalue weighted by Crippen LogP contribution is 2.25. The molecule has 2 aromatic rings. The number of ether oxygens (including phenoxy) is 1. The van der Waals surface area contributed by atoms with Crippen LogP contribution in [0.25, 0.3) is 0 Å². The van der Waals surface area contributed by atoms with Gasteiger partial charge in [-0.15, -0.1) is 0 Å². The zero-order chi connectivity index (χ0) is 13.8. The van der Waals surface area contributed by atoms with Gasteiger partial charge >= 0.3 is 0 Å². The molecule has 0 fully saturated rings. The molecule has 4 heteroatoms. The molecular formula is C15H15BrFNO. The van der Waals surface area contributed by atoms with Crippen LogP contribution in [0, 0.1) is 5.82 Å². The van der Waals surface area contributed by atoms with E-state index in [1.807, 2.05) is 24.3 Å². The fourth-order valence-electron chi connectivity index (χ4n) is 1.91. The summed E-state index contributed by atoms with van der Waals surface area (Å²) in [6, 6.07) is 12.2. The lowest BCUT2D eigenvalue weighted by molar-refractivity contribution is 0.414. The molecule has 2 nitrogen and oxygen atoms in total. The van der Waals surface area contributed by atoms with Crippen LogP contribution in [-0.4, -0.2) is 7.11 Å². The Morgan fingerprint density at radius 3 is 2.74 bits per heavy atom. The van der Waals surface area contributed by atoms with E-state index in [-0.39, 0.29) is 11.9 Å². The van der Waals surface area contributed by atoms with Crippen LogP contribution in [-0.2, 0) is 6.42 Å². The summed E-state index contributed by atoms with van der Waals surface area (Å²) in [5, 5.41) is 0. The predicted molar refractivity (Wildman–Crippen MR) is 77.7 cm³/mol. The monoisotopic (exact) mass is 323 g/mol. The van der Waals surface area contributed by atoms with Crippen molar-refractivity contribution in [3.05, 3.63) is 63.9 Å². The molecule has 0 aromatic heterocycles. The number of nitrogens with two attached hydrogens (primary N) is 1. The summed E-state index contributed by atoms with van der Waals surface area (Å²) in [6.07, 6.45) is 0.633. The molecular weight excluding hydrogens is 309 g/mol. The molecule has 100 valence electrons. The van der Waals surface area contributed by atoms with Crippen LogP contribution in [0.2, 0.25) is 0 Å². The van der Waals surface area contributed by atoms with Crippen molar-refractivity contribution in [2.24, 2.45) is 5.73 Å². The van der Waals surface area contributed by atoms with Gasteiger partial charge in [0.1, 0.15) is 11.6 Å². The second kappa shape index (κ2) is 6.17. The number of rotatable bonds is 4. The van der Waals surface area contributed by atoms with E-state index in [9.17, 15) is 4.39 Å². The van der Waals surface area contributed by atoms with Gasteiger partial charge in [0.05, 0.1) is 7.11 Å². The summed E-state index contributed by atoms with van der Waals surface area (Å²) in [5.41, 5.74) is 8.17. The van der Waals surface area contributed by atoms with Crippen LogP contribution in [0.5, 0.6) is 5.75 Å². The maximum absolute atomic E-state index is 13.0. The lowest BCUT2D eigenvalue weighted by Crippen LogP contribution is -2.13. The Hall–Kier alpha value is -1.39. The van der Waals surface area contributed by atoms with Crippen LogP contribution in [0.3, 0.4) is 0 Å². The van der Waals surface area contributed by atoms with Crippen molar-refractivity contribution in [1.29, 1.82) is 0 Å². The summed E-state index contributed by atoms with van der Waals surface area (Å²) >= 11 is 3.36. The van der Waals surface area contributed by atoms with Crippen LogP contribution in [0.4, 0.5) is 4.39 Å². The molecule has 0 aliphatic carbocycles. The molecule has 0 saturated carbocycles. The minimum Gasteiger partial charge on any atom is -0.497 e. The first-order valence-electron chi connectivity index (χ1n) is 5.93. The highest BCUT2D eigenvalue weighted by Gasteiger charge is 2.10. The van der Waals surface area contributed by atoms with Gasteiger partial charge in [0.2, 0.25) is 0 Å². The topological polar surface area (TPSA) is 35.2 Å². The van der Waals surface area contributed by atoms with Crippen molar-refractivity contribution < 1.29 is 9.13 Å². The minimum atomic E-state index is -0.259. The SMILES string of the molecule is COc1cccc(C(N)Cc2ccc(F)cc2Br)c1. The van der Waals surface area contributed by atoms with Gasteiger partial charge in [-0.25, -0.2) is 4.39 Å². The van der Waals surface area contributed by atoms with Gasteiger partial charge in [-0.1, -0.05) is 34.1 Å². The van der Waals surface area contributed by atoms with E-state index in [0.29, 0.717) is 6.42 Å². The summed E-state index contributed by atoms with van der Waals surface area (Å²) in [5.74, 6) is 0.525. The smallest absolute Gasteiger partial charge is 0.124 e. The number of halogens is 2. The minimum absolute atomic E-state index is 0.156. The highest BCUT2D eigenvalue weighted by atomic mass is 79.9. The fourth-order valence-corrected chi connectivity index (χ4v) is 2.43. The number of methoxy groups -OCH3 is 1. The Bertz CT molecular complexity index is 574. The number of hydrogen-bond donors (Lipinski definition) is 1. The molecule has 0 saturated heterocycles. The quantitative estimate of drug-likeness (QED) is 0.927. The van der Waals surface area contributed by atoms with E-state index in [4.69, 9.17) is 10.5 Å². The molecule has 0 radical (unpaired) electrons. The molecule has 1 atom stereocenters. The number of benzene rings is 2.